The monoisotopic (exact) mass is 252 g/mol. The summed E-state index contributed by atoms with van der Waals surface area (Å²) in [5, 5.41) is 8.84. The highest BCUT2D eigenvalue weighted by Crippen LogP contribution is 2.31. The van der Waals surface area contributed by atoms with E-state index in [0.717, 1.165) is 17.7 Å². The maximum atomic E-state index is 8.84. The van der Waals surface area contributed by atoms with Crippen molar-refractivity contribution in [3.8, 4) is 17.7 Å². The van der Waals surface area contributed by atoms with Crippen LogP contribution in [0, 0.1) is 11.3 Å². The van der Waals surface area contributed by atoms with E-state index in [1.807, 2.05) is 24.3 Å². The van der Waals surface area contributed by atoms with E-state index < -0.39 is 0 Å². The number of pyridine rings is 1. The minimum atomic E-state index is 0.360. The molecule has 0 aliphatic rings. The molecule has 0 bridgehead atoms. The largest absolute Gasteiger partial charge is 0.439 e. The van der Waals surface area contributed by atoms with Crippen LogP contribution in [0.4, 0.5) is 0 Å². The number of nitrogens with zero attached hydrogens (tertiary/aromatic N) is 2. The van der Waals surface area contributed by atoms with Gasteiger partial charge in [0.05, 0.1) is 0 Å². The predicted molar refractivity (Wildman–Crippen MR) is 74.2 cm³/mol. The maximum absolute atomic E-state index is 8.84. The average molecular weight is 252 g/mol. The smallest absolute Gasteiger partial charge is 0.220 e. The molecule has 0 amide bonds. The van der Waals surface area contributed by atoms with Gasteiger partial charge in [0.2, 0.25) is 5.88 Å². The second-order valence-electron chi connectivity index (χ2n) is 4.42. The molecule has 3 nitrogen and oxygen atoms in total. The number of hydrogen-bond acceptors (Lipinski definition) is 3. The lowest BCUT2D eigenvalue weighted by Crippen LogP contribution is -1.97. The van der Waals surface area contributed by atoms with Gasteiger partial charge in [0.25, 0.3) is 0 Å². The van der Waals surface area contributed by atoms with Gasteiger partial charge in [-0.1, -0.05) is 38.1 Å². The summed E-state index contributed by atoms with van der Waals surface area (Å²) in [7, 11) is 0. The molecule has 1 aromatic carbocycles. The number of nitriles is 1. The number of ether oxygens (including phenoxy) is 1. The van der Waals surface area contributed by atoms with E-state index in [0.29, 0.717) is 17.5 Å². The molecule has 96 valence electrons. The van der Waals surface area contributed by atoms with Gasteiger partial charge in [-0.05, 0) is 30.0 Å². The van der Waals surface area contributed by atoms with E-state index in [1.54, 1.807) is 18.2 Å². The van der Waals surface area contributed by atoms with E-state index in [-0.39, 0.29) is 0 Å². The van der Waals surface area contributed by atoms with E-state index in [2.05, 4.69) is 24.9 Å². The predicted octanol–water partition coefficient (Wildman–Crippen LogP) is 4.26. The molecule has 2 rings (SSSR count). The van der Waals surface area contributed by atoms with Crippen LogP contribution in [-0.2, 0) is 0 Å². The average Bonchev–Trinajstić information content (AvgIpc) is 2.47. The SMILES string of the molecule is CCC(C)c1ccccc1Oc1cccc(C#N)n1. The summed E-state index contributed by atoms with van der Waals surface area (Å²) >= 11 is 0. The molecule has 1 unspecified atom stereocenters. The Labute approximate surface area is 113 Å². The molecule has 0 fully saturated rings. The molecule has 0 radical (unpaired) electrons. The van der Waals surface area contributed by atoms with E-state index in [9.17, 15) is 0 Å². The Balaban J connectivity index is 2.30. The summed E-state index contributed by atoms with van der Waals surface area (Å²) in [6, 6.07) is 15.1. The van der Waals surface area contributed by atoms with Crippen LogP contribution in [0.2, 0.25) is 0 Å². The summed E-state index contributed by atoms with van der Waals surface area (Å²) in [5.41, 5.74) is 1.52. The molecule has 0 spiro atoms. The highest BCUT2D eigenvalue weighted by atomic mass is 16.5. The number of benzene rings is 1. The van der Waals surface area contributed by atoms with Gasteiger partial charge in [-0.25, -0.2) is 4.98 Å². The fourth-order valence-corrected chi connectivity index (χ4v) is 1.85. The van der Waals surface area contributed by atoms with Crippen LogP contribution in [0.15, 0.2) is 42.5 Å². The lowest BCUT2D eigenvalue weighted by molar-refractivity contribution is 0.451. The zero-order valence-corrected chi connectivity index (χ0v) is 11.1. The maximum Gasteiger partial charge on any atom is 0.220 e. The Kier molecular flexibility index (Phi) is 4.15. The lowest BCUT2D eigenvalue weighted by atomic mass is 9.98. The molecule has 0 aliphatic carbocycles. The van der Waals surface area contributed by atoms with Crippen LogP contribution in [0.3, 0.4) is 0 Å². The summed E-state index contributed by atoms with van der Waals surface area (Å²) in [6.45, 7) is 4.32. The molecular formula is C16H16N2O. The Morgan fingerprint density at radius 3 is 2.74 bits per heavy atom. The summed E-state index contributed by atoms with van der Waals surface area (Å²) < 4.78 is 5.81. The van der Waals surface area contributed by atoms with Crippen LogP contribution in [-0.4, -0.2) is 4.98 Å². The minimum absolute atomic E-state index is 0.360. The lowest BCUT2D eigenvalue weighted by Gasteiger charge is -2.14. The first-order valence-electron chi connectivity index (χ1n) is 6.38. The van der Waals surface area contributed by atoms with Crippen molar-refractivity contribution < 1.29 is 4.74 Å². The molecule has 0 N–H and O–H groups in total. The Hall–Kier alpha value is -2.34. The zero-order valence-electron chi connectivity index (χ0n) is 11.1. The van der Waals surface area contributed by atoms with Crippen molar-refractivity contribution in [1.29, 1.82) is 5.26 Å². The third-order valence-corrected chi connectivity index (χ3v) is 3.11. The number of para-hydroxylation sites is 1. The van der Waals surface area contributed by atoms with Gasteiger partial charge < -0.3 is 4.74 Å². The Morgan fingerprint density at radius 2 is 2.00 bits per heavy atom. The Morgan fingerprint density at radius 1 is 1.21 bits per heavy atom. The van der Waals surface area contributed by atoms with E-state index in [4.69, 9.17) is 10.00 Å². The highest BCUT2D eigenvalue weighted by Gasteiger charge is 2.10. The third kappa shape index (κ3) is 3.11. The van der Waals surface area contributed by atoms with Gasteiger partial charge in [0.1, 0.15) is 17.5 Å². The van der Waals surface area contributed by atoms with Gasteiger partial charge >= 0.3 is 0 Å². The number of hydrogen-bond donors (Lipinski definition) is 0. The van der Waals surface area contributed by atoms with Crippen LogP contribution >= 0.6 is 0 Å². The first-order valence-corrected chi connectivity index (χ1v) is 6.38. The van der Waals surface area contributed by atoms with Crippen LogP contribution in [0.1, 0.15) is 37.4 Å². The van der Waals surface area contributed by atoms with Crippen LogP contribution < -0.4 is 4.74 Å². The van der Waals surface area contributed by atoms with Gasteiger partial charge in [0, 0.05) is 6.07 Å². The summed E-state index contributed by atoms with van der Waals surface area (Å²) in [6.07, 6.45) is 1.05. The van der Waals surface area contributed by atoms with Crippen molar-refractivity contribution >= 4 is 0 Å². The summed E-state index contributed by atoms with van der Waals surface area (Å²) in [5.74, 6) is 1.68. The van der Waals surface area contributed by atoms with Gasteiger partial charge in [0.15, 0.2) is 0 Å². The third-order valence-electron chi connectivity index (χ3n) is 3.11. The topological polar surface area (TPSA) is 45.9 Å². The van der Waals surface area contributed by atoms with Gasteiger partial charge in [-0.2, -0.15) is 5.26 Å². The second-order valence-corrected chi connectivity index (χ2v) is 4.42. The molecule has 1 atom stereocenters. The number of rotatable bonds is 4. The molecular weight excluding hydrogens is 236 g/mol. The molecule has 19 heavy (non-hydrogen) atoms. The van der Waals surface area contributed by atoms with Crippen molar-refractivity contribution in [1.82, 2.24) is 4.98 Å². The first kappa shape index (κ1) is 13.1. The zero-order chi connectivity index (χ0) is 13.7. The molecule has 0 saturated heterocycles. The van der Waals surface area contributed by atoms with E-state index >= 15 is 0 Å². The standard InChI is InChI=1S/C16H16N2O/c1-3-12(2)14-8-4-5-9-15(14)19-16-10-6-7-13(11-17)18-16/h4-10,12H,3H2,1-2H3. The molecule has 0 aliphatic heterocycles. The normalized spacial score (nSPS) is 11.6. The van der Waals surface area contributed by atoms with Gasteiger partial charge in [-0.15, -0.1) is 0 Å². The van der Waals surface area contributed by atoms with Gasteiger partial charge in [-0.3, -0.25) is 0 Å². The first-order chi connectivity index (χ1) is 9.24. The molecule has 0 saturated carbocycles. The van der Waals surface area contributed by atoms with Crippen molar-refractivity contribution in [2.45, 2.75) is 26.2 Å². The molecule has 2 aromatic rings. The van der Waals surface area contributed by atoms with E-state index in [1.165, 1.54) is 0 Å². The van der Waals surface area contributed by atoms with Crippen molar-refractivity contribution in [3.05, 3.63) is 53.7 Å². The second kappa shape index (κ2) is 6.01. The number of aromatic nitrogens is 1. The molecule has 1 aromatic heterocycles. The fraction of sp³-hybridized carbons (Fsp3) is 0.250. The van der Waals surface area contributed by atoms with Crippen molar-refractivity contribution in [2.75, 3.05) is 0 Å². The van der Waals surface area contributed by atoms with Crippen LogP contribution in [0.5, 0.6) is 11.6 Å². The Bertz CT molecular complexity index is 602. The molecule has 1 heterocycles. The molecule has 3 heteroatoms. The highest BCUT2D eigenvalue weighted by molar-refractivity contribution is 5.38. The van der Waals surface area contributed by atoms with Crippen molar-refractivity contribution in [2.24, 2.45) is 0 Å². The van der Waals surface area contributed by atoms with Crippen LogP contribution in [0.25, 0.3) is 0 Å². The fourth-order valence-electron chi connectivity index (χ4n) is 1.85. The quantitative estimate of drug-likeness (QED) is 0.816. The minimum Gasteiger partial charge on any atom is -0.439 e. The van der Waals surface area contributed by atoms with Crippen molar-refractivity contribution in [3.63, 3.8) is 0 Å². The summed E-state index contributed by atoms with van der Waals surface area (Å²) in [4.78, 5) is 4.13.